The lowest BCUT2D eigenvalue weighted by Gasteiger charge is -2.51. The smallest absolute Gasteiger partial charge is 0.355 e. The van der Waals surface area contributed by atoms with Gasteiger partial charge in [-0.1, -0.05) is 91.4 Å². The van der Waals surface area contributed by atoms with Crippen molar-refractivity contribution in [1.82, 2.24) is 25.3 Å². The highest BCUT2D eigenvalue weighted by atomic mass is 19.4. The van der Waals surface area contributed by atoms with Crippen LogP contribution in [0.2, 0.25) is 0 Å². The molecule has 0 aromatic heterocycles. The van der Waals surface area contributed by atoms with E-state index in [1.807, 2.05) is 72.8 Å². The number of hydrogen-bond donors (Lipinski definition) is 2. The number of amides is 4. The predicted octanol–water partition coefficient (Wildman–Crippen LogP) is 5.63. The van der Waals surface area contributed by atoms with Crippen LogP contribution >= 0.6 is 0 Å². The monoisotopic (exact) mass is 755 g/mol. The zero-order valence-corrected chi connectivity index (χ0v) is 30.8. The van der Waals surface area contributed by atoms with Crippen LogP contribution in [0, 0.1) is 11.8 Å². The van der Waals surface area contributed by atoms with Crippen molar-refractivity contribution in [3.8, 4) is 0 Å². The molecular formula is C43H48F3N5O4. The molecule has 0 saturated carbocycles. The third-order valence-electron chi connectivity index (χ3n) is 11.8. The maximum absolute atomic E-state index is 14.5. The summed E-state index contributed by atoms with van der Waals surface area (Å²) in [7, 11) is 0. The summed E-state index contributed by atoms with van der Waals surface area (Å²) < 4.78 is 40.5. The summed E-state index contributed by atoms with van der Waals surface area (Å²) in [5, 5.41) is 5.69. The summed E-state index contributed by atoms with van der Waals surface area (Å²) in [5.74, 6) is -3.37. The number of benzene rings is 3. The van der Waals surface area contributed by atoms with Crippen molar-refractivity contribution >= 4 is 29.7 Å². The van der Waals surface area contributed by atoms with Crippen LogP contribution in [0.5, 0.6) is 0 Å². The molecule has 55 heavy (non-hydrogen) atoms. The Hall–Kier alpha value is -4.97. The minimum absolute atomic E-state index is 0.230. The highest BCUT2D eigenvalue weighted by Gasteiger charge is 2.59. The number of piperidine rings is 2. The first-order chi connectivity index (χ1) is 26.6. The molecule has 3 aromatic rings. The molecule has 0 bridgehead atoms. The van der Waals surface area contributed by atoms with Gasteiger partial charge in [0.25, 0.3) is 0 Å². The Labute approximate surface area is 319 Å². The number of nitrogens with zero attached hydrogens (tertiary/aromatic N) is 3. The van der Waals surface area contributed by atoms with Crippen molar-refractivity contribution in [3.63, 3.8) is 0 Å². The highest BCUT2D eigenvalue weighted by molar-refractivity contribution is 5.99. The van der Waals surface area contributed by atoms with E-state index in [2.05, 4.69) is 15.5 Å². The van der Waals surface area contributed by atoms with Gasteiger partial charge < -0.3 is 25.3 Å². The van der Waals surface area contributed by atoms with Gasteiger partial charge in [0.05, 0.1) is 29.9 Å². The second-order valence-corrected chi connectivity index (χ2v) is 15.2. The van der Waals surface area contributed by atoms with Crippen LogP contribution < -0.4 is 10.6 Å². The number of carbonyl (C=O) groups excluding carboxylic acids is 4. The first kappa shape index (κ1) is 38.3. The summed E-state index contributed by atoms with van der Waals surface area (Å²) in [6.45, 7) is 3.33. The normalized spacial score (nSPS) is 24.4. The van der Waals surface area contributed by atoms with Crippen LogP contribution in [0.3, 0.4) is 0 Å². The molecule has 4 aliphatic heterocycles. The number of halogens is 3. The summed E-state index contributed by atoms with van der Waals surface area (Å²) in [5.41, 5.74) is 1.17. The first-order valence-electron chi connectivity index (χ1n) is 19.4. The maximum atomic E-state index is 14.5. The first-order valence-corrected chi connectivity index (χ1v) is 19.4. The molecule has 0 spiro atoms. The highest BCUT2D eigenvalue weighted by Crippen LogP contribution is 2.45. The molecule has 1 unspecified atom stereocenters. The molecule has 290 valence electrons. The van der Waals surface area contributed by atoms with Crippen molar-refractivity contribution in [2.75, 3.05) is 32.7 Å². The van der Waals surface area contributed by atoms with Gasteiger partial charge in [0.15, 0.2) is 0 Å². The second-order valence-electron chi connectivity index (χ2n) is 15.2. The second kappa shape index (κ2) is 16.8. The van der Waals surface area contributed by atoms with E-state index in [1.165, 1.54) is 36.3 Å². The van der Waals surface area contributed by atoms with Gasteiger partial charge in [0.1, 0.15) is 6.04 Å². The van der Waals surface area contributed by atoms with Gasteiger partial charge in [-0.3, -0.25) is 19.2 Å². The zero-order valence-electron chi connectivity index (χ0n) is 30.8. The van der Waals surface area contributed by atoms with E-state index in [9.17, 15) is 32.3 Å². The van der Waals surface area contributed by atoms with E-state index < -0.39 is 47.5 Å². The largest absolute Gasteiger partial charge is 0.416 e. The van der Waals surface area contributed by atoms with E-state index in [4.69, 9.17) is 0 Å². The lowest BCUT2D eigenvalue weighted by atomic mass is 9.70. The van der Waals surface area contributed by atoms with Gasteiger partial charge in [0, 0.05) is 38.1 Å². The molecule has 0 radical (unpaired) electrons. The number of alkyl halides is 3. The molecule has 4 saturated heterocycles. The molecule has 4 heterocycles. The quantitative estimate of drug-likeness (QED) is 0.248. The number of likely N-dealkylation sites (tertiary alicyclic amines) is 3. The van der Waals surface area contributed by atoms with Crippen LogP contribution in [-0.2, 0) is 31.9 Å². The lowest BCUT2D eigenvalue weighted by molar-refractivity contribution is -0.168. The fraction of sp³-hybridized carbons (Fsp3) is 0.442. The van der Waals surface area contributed by atoms with Crippen LogP contribution in [0.1, 0.15) is 66.7 Å². The van der Waals surface area contributed by atoms with Crippen LogP contribution in [-0.4, -0.2) is 89.2 Å². The van der Waals surface area contributed by atoms with E-state index in [0.29, 0.717) is 25.7 Å². The van der Waals surface area contributed by atoms with Gasteiger partial charge in [-0.05, 0) is 67.6 Å². The van der Waals surface area contributed by atoms with Crippen LogP contribution in [0.4, 0.5) is 13.2 Å². The molecule has 4 amide bonds. The van der Waals surface area contributed by atoms with Crippen molar-refractivity contribution in [3.05, 3.63) is 113 Å². The number of carbonyl (C=O) groups is 4. The van der Waals surface area contributed by atoms with Gasteiger partial charge in [0.2, 0.25) is 23.6 Å². The number of hydrogen-bond acceptors (Lipinski definition) is 5. The SMILES string of the molecule is O=C1NC[C@@H](c2ccccc2)C1[C@@H]1C(=O)N([C@@H](CC(=O)N2CCC(N3CCCCC3)CC2)C(=O)NCc2cccc(C(F)(F)F)c2)[C@@H]1C=Cc1ccccc1. The Bertz CT molecular complexity index is 1860. The third-order valence-corrected chi connectivity index (χ3v) is 11.8. The molecule has 5 atom stereocenters. The molecule has 7 rings (SSSR count). The Kier molecular flexibility index (Phi) is 11.7. The van der Waals surface area contributed by atoms with Crippen molar-refractivity contribution in [2.24, 2.45) is 11.8 Å². The summed E-state index contributed by atoms with van der Waals surface area (Å²) in [4.78, 5) is 62.1. The van der Waals surface area contributed by atoms with E-state index in [-0.39, 0.29) is 36.3 Å². The molecule has 0 aliphatic carbocycles. The zero-order chi connectivity index (χ0) is 38.5. The molecule has 3 aromatic carbocycles. The Balaban J connectivity index is 1.16. The summed E-state index contributed by atoms with van der Waals surface area (Å²) >= 11 is 0. The number of rotatable bonds is 11. The predicted molar refractivity (Wildman–Crippen MR) is 202 cm³/mol. The van der Waals surface area contributed by atoms with Crippen LogP contribution in [0.25, 0.3) is 6.08 Å². The van der Waals surface area contributed by atoms with Crippen LogP contribution in [0.15, 0.2) is 91.0 Å². The van der Waals surface area contributed by atoms with Gasteiger partial charge in [-0.2, -0.15) is 13.2 Å². The lowest BCUT2D eigenvalue weighted by Crippen LogP contribution is -2.69. The molecule has 4 fully saturated rings. The summed E-state index contributed by atoms with van der Waals surface area (Å²) in [6.07, 6.45) is 4.06. The molecular weight excluding hydrogens is 707 g/mol. The molecule has 2 N–H and O–H groups in total. The third kappa shape index (κ3) is 8.64. The van der Waals surface area contributed by atoms with Crippen molar-refractivity contribution in [2.45, 2.75) is 75.3 Å². The fourth-order valence-corrected chi connectivity index (χ4v) is 8.89. The standard InChI is InChI=1S/C43H48F3N5O4/c44-43(45,46)32-16-10-13-30(25-32)27-47-40(53)36(26-37(52)50-23-19-33(20-24-50)49-21-8-3-9-22-49)51-35(18-17-29-11-4-1-5-12-29)39(42(51)55)38-34(28-48-41(38)54)31-14-6-2-7-15-31/h1-2,4-7,10-18,25,33-36,38-39H,3,8-9,19-24,26-28H2,(H,47,53)(H,48,54)/t34-,35+,36-,38?,39+/m0/s1. The van der Waals surface area contributed by atoms with E-state index in [1.54, 1.807) is 4.90 Å². The number of β-lactam (4-membered cyclic amide) rings is 1. The molecule has 9 nitrogen and oxygen atoms in total. The molecule has 12 heteroatoms. The van der Waals surface area contributed by atoms with E-state index in [0.717, 1.165) is 49.2 Å². The molecule has 4 aliphatic rings. The number of nitrogens with one attached hydrogen (secondary N) is 2. The van der Waals surface area contributed by atoms with E-state index >= 15 is 0 Å². The van der Waals surface area contributed by atoms with Gasteiger partial charge >= 0.3 is 6.18 Å². The Morgan fingerprint density at radius 2 is 1.55 bits per heavy atom. The summed E-state index contributed by atoms with van der Waals surface area (Å²) in [6, 6.07) is 22.1. The average molecular weight is 756 g/mol. The minimum atomic E-state index is -4.56. The van der Waals surface area contributed by atoms with Gasteiger partial charge in [-0.15, -0.1) is 0 Å². The Morgan fingerprint density at radius 3 is 2.24 bits per heavy atom. The topological polar surface area (TPSA) is 102 Å². The fourth-order valence-electron chi connectivity index (χ4n) is 8.89. The average Bonchev–Trinajstić information content (AvgIpc) is 3.58. The van der Waals surface area contributed by atoms with Crippen molar-refractivity contribution in [1.29, 1.82) is 0 Å². The van der Waals surface area contributed by atoms with Gasteiger partial charge in [-0.25, -0.2) is 0 Å². The van der Waals surface area contributed by atoms with Crippen molar-refractivity contribution < 1.29 is 32.3 Å². The minimum Gasteiger partial charge on any atom is -0.355 e. The maximum Gasteiger partial charge on any atom is 0.416 e. The Morgan fingerprint density at radius 1 is 0.855 bits per heavy atom.